The molecule has 2 aromatic rings. The highest BCUT2D eigenvalue weighted by atomic mass is 28.3. The van der Waals surface area contributed by atoms with Crippen LogP contribution in [0.3, 0.4) is 0 Å². The van der Waals surface area contributed by atoms with E-state index in [1.165, 1.54) is 6.20 Å². The number of aromatic nitrogens is 2. The molecule has 0 aliphatic carbocycles. The topological polar surface area (TPSA) is 78.4 Å². The van der Waals surface area contributed by atoms with Gasteiger partial charge in [0.05, 0.1) is 29.1 Å². The number of pyridine rings is 2. The highest BCUT2D eigenvalue weighted by molar-refractivity contribution is 6.76. The largest absolute Gasteiger partial charge is 0.462 e. The van der Waals surface area contributed by atoms with E-state index in [9.17, 15) is 9.59 Å². The van der Waals surface area contributed by atoms with E-state index < -0.39 is 19.6 Å². The summed E-state index contributed by atoms with van der Waals surface area (Å²) >= 11 is 0. The molecular formula is C21H28N2O4Si. The lowest BCUT2D eigenvalue weighted by molar-refractivity contribution is 0.00688. The predicted molar refractivity (Wildman–Crippen MR) is 111 cm³/mol. The molecule has 150 valence electrons. The van der Waals surface area contributed by atoms with Crippen molar-refractivity contribution in [2.75, 3.05) is 6.61 Å². The SMILES string of the molecule is CC(C)(C)OC(=O)c1ccc(-c2cc(C(=O)OCC[Si](C)(C)C)ccn2)nc1. The summed E-state index contributed by atoms with van der Waals surface area (Å²) in [6.07, 6.45) is 3.00. The van der Waals surface area contributed by atoms with Gasteiger partial charge in [-0.25, -0.2) is 9.59 Å². The van der Waals surface area contributed by atoms with Gasteiger partial charge >= 0.3 is 11.9 Å². The molecule has 2 heterocycles. The Morgan fingerprint density at radius 3 is 2.25 bits per heavy atom. The molecule has 0 N–H and O–H groups in total. The van der Waals surface area contributed by atoms with Crippen LogP contribution in [0.4, 0.5) is 0 Å². The van der Waals surface area contributed by atoms with Crippen LogP contribution < -0.4 is 0 Å². The lowest BCUT2D eigenvalue weighted by Gasteiger charge is -2.19. The lowest BCUT2D eigenvalue weighted by Crippen LogP contribution is -2.23. The van der Waals surface area contributed by atoms with Crippen LogP contribution in [0.5, 0.6) is 0 Å². The second-order valence-corrected chi connectivity index (χ2v) is 14.4. The molecule has 28 heavy (non-hydrogen) atoms. The van der Waals surface area contributed by atoms with Crippen molar-refractivity contribution in [3.63, 3.8) is 0 Å². The first-order chi connectivity index (χ1) is 12.9. The van der Waals surface area contributed by atoms with Crippen LogP contribution in [0.2, 0.25) is 25.7 Å². The van der Waals surface area contributed by atoms with Gasteiger partial charge in [-0.15, -0.1) is 0 Å². The zero-order chi connectivity index (χ0) is 20.9. The fraction of sp³-hybridized carbons (Fsp3) is 0.429. The highest BCUT2D eigenvalue weighted by Crippen LogP contribution is 2.18. The minimum absolute atomic E-state index is 0.362. The van der Waals surface area contributed by atoms with Gasteiger partial charge in [-0.3, -0.25) is 9.97 Å². The van der Waals surface area contributed by atoms with Crippen molar-refractivity contribution in [2.24, 2.45) is 0 Å². The molecule has 2 aromatic heterocycles. The first-order valence-electron chi connectivity index (χ1n) is 9.28. The highest BCUT2D eigenvalue weighted by Gasteiger charge is 2.19. The summed E-state index contributed by atoms with van der Waals surface area (Å²) in [5.74, 6) is -0.800. The third-order valence-electron chi connectivity index (χ3n) is 3.74. The summed E-state index contributed by atoms with van der Waals surface area (Å²) in [5, 5.41) is 0. The quantitative estimate of drug-likeness (QED) is 0.521. The minimum atomic E-state index is -1.26. The first-order valence-corrected chi connectivity index (χ1v) is 13.0. The van der Waals surface area contributed by atoms with Gasteiger partial charge in [0.15, 0.2) is 0 Å². The molecule has 0 fully saturated rings. The Morgan fingerprint density at radius 2 is 1.68 bits per heavy atom. The zero-order valence-corrected chi connectivity index (χ0v) is 18.4. The number of hydrogen-bond acceptors (Lipinski definition) is 6. The van der Waals surface area contributed by atoms with Gasteiger partial charge in [0.2, 0.25) is 0 Å². The monoisotopic (exact) mass is 400 g/mol. The predicted octanol–water partition coefficient (Wildman–Crippen LogP) is 4.59. The zero-order valence-electron chi connectivity index (χ0n) is 17.4. The molecule has 2 rings (SSSR count). The first kappa shape index (κ1) is 21.8. The van der Waals surface area contributed by atoms with E-state index >= 15 is 0 Å². The Morgan fingerprint density at radius 1 is 0.964 bits per heavy atom. The van der Waals surface area contributed by atoms with Gasteiger partial charge in [0.1, 0.15) is 5.60 Å². The summed E-state index contributed by atoms with van der Waals surface area (Å²) in [7, 11) is -1.26. The van der Waals surface area contributed by atoms with E-state index in [4.69, 9.17) is 9.47 Å². The molecule has 6 nitrogen and oxygen atoms in total. The molecule has 0 aromatic carbocycles. The van der Waals surface area contributed by atoms with Gasteiger partial charge in [-0.2, -0.15) is 0 Å². The fourth-order valence-corrected chi connectivity index (χ4v) is 2.95. The summed E-state index contributed by atoms with van der Waals surface area (Å²) in [6.45, 7) is 12.6. The molecule has 0 spiro atoms. The van der Waals surface area contributed by atoms with Crippen molar-refractivity contribution in [2.45, 2.75) is 52.1 Å². The van der Waals surface area contributed by atoms with E-state index in [1.807, 2.05) is 20.8 Å². The second-order valence-electron chi connectivity index (χ2n) is 8.81. The van der Waals surface area contributed by atoms with Crippen molar-refractivity contribution in [1.29, 1.82) is 0 Å². The van der Waals surface area contributed by atoms with Crippen LogP contribution in [0.1, 0.15) is 41.5 Å². The second kappa shape index (κ2) is 8.64. The Labute approximate surface area is 167 Å². The van der Waals surface area contributed by atoms with Crippen LogP contribution in [0.15, 0.2) is 36.7 Å². The number of ether oxygens (including phenoxy) is 2. The number of esters is 2. The molecule has 0 amide bonds. The number of carbonyl (C=O) groups excluding carboxylic acids is 2. The van der Waals surface area contributed by atoms with Crippen molar-refractivity contribution < 1.29 is 19.1 Å². The minimum Gasteiger partial charge on any atom is -0.462 e. The summed E-state index contributed by atoms with van der Waals surface area (Å²) in [6, 6.07) is 7.51. The van der Waals surface area contributed by atoms with Crippen molar-refractivity contribution in [3.8, 4) is 11.4 Å². The number of nitrogens with zero attached hydrogens (tertiary/aromatic N) is 2. The van der Waals surface area contributed by atoms with Gasteiger partial charge in [0, 0.05) is 20.5 Å². The molecule has 0 unspecified atom stereocenters. The molecule has 0 radical (unpaired) electrons. The van der Waals surface area contributed by atoms with Gasteiger partial charge < -0.3 is 9.47 Å². The Hall–Kier alpha value is -2.54. The average Bonchev–Trinajstić information content (AvgIpc) is 2.59. The van der Waals surface area contributed by atoms with Gasteiger partial charge in [-0.1, -0.05) is 19.6 Å². The van der Waals surface area contributed by atoms with Crippen LogP contribution >= 0.6 is 0 Å². The number of carbonyl (C=O) groups is 2. The lowest BCUT2D eigenvalue weighted by atomic mass is 10.1. The van der Waals surface area contributed by atoms with Crippen LogP contribution in [-0.2, 0) is 9.47 Å². The van der Waals surface area contributed by atoms with E-state index in [0.717, 1.165) is 6.04 Å². The maximum atomic E-state index is 12.3. The molecule has 0 saturated heterocycles. The van der Waals surface area contributed by atoms with Crippen LogP contribution in [0, 0.1) is 0 Å². The third-order valence-corrected chi connectivity index (χ3v) is 5.45. The van der Waals surface area contributed by atoms with Crippen molar-refractivity contribution in [1.82, 2.24) is 9.97 Å². The van der Waals surface area contributed by atoms with E-state index in [-0.39, 0.29) is 5.97 Å². The van der Waals surface area contributed by atoms with E-state index in [0.29, 0.717) is 29.1 Å². The maximum absolute atomic E-state index is 12.3. The Bertz CT molecular complexity index is 837. The fourth-order valence-electron chi connectivity index (χ4n) is 2.23. The number of hydrogen-bond donors (Lipinski definition) is 0. The molecule has 0 aliphatic rings. The molecule has 0 bridgehead atoms. The summed E-state index contributed by atoms with van der Waals surface area (Å²) < 4.78 is 10.7. The molecule has 0 atom stereocenters. The third kappa shape index (κ3) is 6.88. The molecule has 0 aliphatic heterocycles. The Kier molecular flexibility index (Phi) is 6.72. The summed E-state index contributed by atoms with van der Waals surface area (Å²) in [5.41, 5.74) is 1.32. The van der Waals surface area contributed by atoms with Gasteiger partial charge in [0.25, 0.3) is 0 Å². The molecule has 7 heteroatoms. The van der Waals surface area contributed by atoms with Crippen LogP contribution in [-0.4, -0.2) is 42.2 Å². The smallest absolute Gasteiger partial charge is 0.340 e. The summed E-state index contributed by atoms with van der Waals surface area (Å²) in [4.78, 5) is 32.9. The van der Waals surface area contributed by atoms with Crippen molar-refractivity contribution >= 4 is 20.0 Å². The standard InChI is InChI=1S/C21H28N2O4Si/c1-21(2,3)27-20(25)16-7-8-17(23-14-16)18-13-15(9-10-22-18)19(24)26-11-12-28(4,5)6/h7-10,13-14H,11-12H2,1-6H3. The van der Waals surface area contributed by atoms with Crippen molar-refractivity contribution in [3.05, 3.63) is 47.8 Å². The van der Waals surface area contributed by atoms with E-state index in [1.54, 1.807) is 30.5 Å². The molecular weight excluding hydrogens is 372 g/mol. The number of rotatable bonds is 6. The Balaban J connectivity index is 2.09. The molecule has 0 saturated carbocycles. The normalized spacial score (nSPS) is 11.8. The van der Waals surface area contributed by atoms with Gasteiger partial charge in [-0.05, 0) is 51.1 Å². The maximum Gasteiger partial charge on any atom is 0.340 e. The van der Waals surface area contributed by atoms with Crippen LogP contribution in [0.25, 0.3) is 11.4 Å². The average molecular weight is 401 g/mol. The van der Waals surface area contributed by atoms with E-state index in [2.05, 4.69) is 29.6 Å².